The monoisotopic (exact) mass is 249 g/mol. The van der Waals surface area contributed by atoms with Crippen LogP contribution in [0.1, 0.15) is 31.0 Å². The molecule has 0 atom stereocenters. The van der Waals surface area contributed by atoms with Crippen molar-refractivity contribution in [2.45, 2.75) is 26.3 Å². The number of aromatic nitrogens is 2. The second-order valence-electron chi connectivity index (χ2n) is 4.33. The Morgan fingerprint density at radius 3 is 2.65 bits per heavy atom. The first-order valence-corrected chi connectivity index (χ1v) is 6.04. The SMILES string of the molecule is CC(C)c1ccn(-c2ccc(CN)cc2Cl)n1. The number of nitrogens with two attached hydrogens (primary N) is 1. The Kier molecular flexibility index (Phi) is 3.50. The average molecular weight is 250 g/mol. The molecule has 1 aromatic carbocycles. The van der Waals surface area contributed by atoms with Crippen molar-refractivity contribution >= 4 is 11.6 Å². The van der Waals surface area contributed by atoms with E-state index in [-0.39, 0.29) is 0 Å². The van der Waals surface area contributed by atoms with Gasteiger partial charge in [-0.25, -0.2) is 4.68 Å². The van der Waals surface area contributed by atoms with Gasteiger partial charge in [0.05, 0.1) is 16.4 Å². The molecule has 90 valence electrons. The maximum Gasteiger partial charge on any atom is 0.0832 e. The second-order valence-corrected chi connectivity index (χ2v) is 4.74. The molecule has 0 amide bonds. The molecule has 1 aromatic heterocycles. The van der Waals surface area contributed by atoms with E-state index in [1.165, 1.54) is 0 Å². The van der Waals surface area contributed by atoms with Crippen LogP contribution in [0.2, 0.25) is 5.02 Å². The summed E-state index contributed by atoms with van der Waals surface area (Å²) < 4.78 is 1.80. The van der Waals surface area contributed by atoms with E-state index in [0.717, 1.165) is 16.9 Å². The van der Waals surface area contributed by atoms with Gasteiger partial charge >= 0.3 is 0 Å². The van der Waals surface area contributed by atoms with Crippen molar-refractivity contribution in [3.8, 4) is 5.69 Å². The van der Waals surface area contributed by atoms with Crippen LogP contribution in [0.25, 0.3) is 5.69 Å². The van der Waals surface area contributed by atoms with Gasteiger partial charge in [0.1, 0.15) is 0 Å². The molecule has 4 heteroatoms. The molecule has 0 unspecified atom stereocenters. The Morgan fingerprint density at radius 1 is 1.35 bits per heavy atom. The zero-order valence-electron chi connectivity index (χ0n) is 10.0. The van der Waals surface area contributed by atoms with E-state index in [1.54, 1.807) is 4.68 Å². The number of rotatable bonds is 3. The minimum Gasteiger partial charge on any atom is -0.326 e. The van der Waals surface area contributed by atoms with Gasteiger partial charge in [0, 0.05) is 12.7 Å². The number of hydrogen-bond donors (Lipinski definition) is 1. The molecule has 17 heavy (non-hydrogen) atoms. The Labute approximate surface area is 106 Å². The number of halogens is 1. The highest BCUT2D eigenvalue weighted by Crippen LogP contribution is 2.22. The quantitative estimate of drug-likeness (QED) is 0.908. The summed E-state index contributed by atoms with van der Waals surface area (Å²) in [5.41, 5.74) is 8.54. The van der Waals surface area contributed by atoms with Crippen molar-refractivity contribution in [2.24, 2.45) is 5.73 Å². The molecule has 2 N–H and O–H groups in total. The third kappa shape index (κ3) is 2.51. The summed E-state index contributed by atoms with van der Waals surface area (Å²) >= 11 is 6.22. The summed E-state index contributed by atoms with van der Waals surface area (Å²) in [4.78, 5) is 0. The molecule has 0 radical (unpaired) electrons. The van der Waals surface area contributed by atoms with Crippen LogP contribution in [0.15, 0.2) is 30.5 Å². The summed E-state index contributed by atoms with van der Waals surface area (Å²) in [6.07, 6.45) is 1.93. The fraction of sp³-hybridized carbons (Fsp3) is 0.308. The molecule has 0 aliphatic rings. The first-order chi connectivity index (χ1) is 8.11. The number of benzene rings is 1. The van der Waals surface area contributed by atoms with Gasteiger partial charge in [-0.1, -0.05) is 31.5 Å². The van der Waals surface area contributed by atoms with Crippen molar-refractivity contribution in [3.05, 3.63) is 46.7 Å². The highest BCUT2D eigenvalue weighted by atomic mass is 35.5. The largest absolute Gasteiger partial charge is 0.326 e. The third-order valence-corrected chi connectivity index (χ3v) is 3.00. The van der Waals surface area contributed by atoms with Crippen LogP contribution in [-0.4, -0.2) is 9.78 Å². The van der Waals surface area contributed by atoms with Gasteiger partial charge in [-0.05, 0) is 29.7 Å². The van der Waals surface area contributed by atoms with E-state index in [1.807, 2.05) is 30.5 Å². The van der Waals surface area contributed by atoms with Gasteiger partial charge in [0.2, 0.25) is 0 Å². The first-order valence-electron chi connectivity index (χ1n) is 5.66. The molecule has 2 aromatic rings. The van der Waals surface area contributed by atoms with E-state index >= 15 is 0 Å². The van der Waals surface area contributed by atoms with Crippen molar-refractivity contribution in [1.82, 2.24) is 9.78 Å². The molecule has 0 saturated carbocycles. The minimum absolute atomic E-state index is 0.415. The smallest absolute Gasteiger partial charge is 0.0832 e. The lowest BCUT2D eigenvalue weighted by Crippen LogP contribution is -2.00. The highest BCUT2D eigenvalue weighted by molar-refractivity contribution is 6.32. The molecular formula is C13H16ClN3. The Morgan fingerprint density at radius 2 is 2.12 bits per heavy atom. The van der Waals surface area contributed by atoms with Crippen LogP contribution in [0.5, 0.6) is 0 Å². The lowest BCUT2D eigenvalue weighted by molar-refractivity contribution is 0.768. The van der Waals surface area contributed by atoms with Crippen LogP contribution in [-0.2, 0) is 6.54 Å². The topological polar surface area (TPSA) is 43.8 Å². The van der Waals surface area contributed by atoms with Crippen LogP contribution in [0.3, 0.4) is 0 Å². The van der Waals surface area contributed by atoms with E-state index in [4.69, 9.17) is 17.3 Å². The fourth-order valence-electron chi connectivity index (χ4n) is 1.64. The summed E-state index contributed by atoms with van der Waals surface area (Å²) in [7, 11) is 0. The molecule has 2 rings (SSSR count). The standard InChI is InChI=1S/C13H16ClN3/c1-9(2)12-5-6-17(16-12)13-4-3-10(8-15)7-11(13)14/h3-7,9H,8,15H2,1-2H3. The van der Waals surface area contributed by atoms with Gasteiger partial charge < -0.3 is 5.73 Å². The lowest BCUT2D eigenvalue weighted by Gasteiger charge is -2.06. The fourth-order valence-corrected chi connectivity index (χ4v) is 1.93. The number of hydrogen-bond acceptors (Lipinski definition) is 2. The lowest BCUT2D eigenvalue weighted by atomic mass is 10.1. The Hall–Kier alpha value is -1.32. The second kappa shape index (κ2) is 4.90. The Bertz CT molecular complexity index is 517. The normalized spacial score (nSPS) is 11.1. The van der Waals surface area contributed by atoms with Crippen molar-refractivity contribution in [1.29, 1.82) is 0 Å². The van der Waals surface area contributed by atoms with Crippen LogP contribution in [0, 0.1) is 0 Å². The molecule has 1 heterocycles. The number of nitrogens with zero attached hydrogens (tertiary/aromatic N) is 2. The van der Waals surface area contributed by atoms with E-state index in [0.29, 0.717) is 17.5 Å². The molecule has 0 saturated heterocycles. The maximum absolute atomic E-state index is 6.22. The predicted molar refractivity (Wildman–Crippen MR) is 70.6 cm³/mol. The molecular weight excluding hydrogens is 234 g/mol. The van der Waals surface area contributed by atoms with E-state index in [9.17, 15) is 0 Å². The van der Waals surface area contributed by atoms with Gasteiger partial charge in [0.25, 0.3) is 0 Å². The molecule has 0 aliphatic heterocycles. The van der Waals surface area contributed by atoms with Crippen LogP contribution in [0.4, 0.5) is 0 Å². The summed E-state index contributed by atoms with van der Waals surface area (Å²) in [5, 5.41) is 5.17. The van der Waals surface area contributed by atoms with Crippen LogP contribution < -0.4 is 5.73 Å². The maximum atomic E-state index is 6.22. The third-order valence-electron chi connectivity index (χ3n) is 2.70. The highest BCUT2D eigenvalue weighted by Gasteiger charge is 2.07. The Balaban J connectivity index is 2.38. The molecule has 0 fully saturated rings. The summed E-state index contributed by atoms with van der Waals surface area (Å²) in [5.74, 6) is 0.415. The minimum atomic E-state index is 0.415. The first kappa shape index (κ1) is 12.1. The van der Waals surface area contributed by atoms with Gasteiger partial charge in [-0.2, -0.15) is 5.10 Å². The molecule has 0 bridgehead atoms. The molecule has 0 aliphatic carbocycles. The predicted octanol–water partition coefficient (Wildman–Crippen LogP) is 3.11. The van der Waals surface area contributed by atoms with E-state index < -0.39 is 0 Å². The summed E-state index contributed by atoms with van der Waals surface area (Å²) in [6.45, 7) is 4.73. The van der Waals surface area contributed by atoms with Crippen molar-refractivity contribution < 1.29 is 0 Å². The van der Waals surface area contributed by atoms with Crippen LogP contribution >= 0.6 is 11.6 Å². The van der Waals surface area contributed by atoms with Gasteiger partial charge in [0.15, 0.2) is 0 Å². The van der Waals surface area contributed by atoms with Gasteiger partial charge in [-0.15, -0.1) is 0 Å². The zero-order chi connectivity index (χ0) is 12.4. The zero-order valence-corrected chi connectivity index (χ0v) is 10.8. The van der Waals surface area contributed by atoms with Gasteiger partial charge in [-0.3, -0.25) is 0 Å². The van der Waals surface area contributed by atoms with E-state index in [2.05, 4.69) is 18.9 Å². The molecule has 0 spiro atoms. The summed E-state index contributed by atoms with van der Waals surface area (Å²) in [6, 6.07) is 7.81. The molecule has 3 nitrogen and oxygen atoms in total. The average Bonchev–Trinajstić information content (AvgIpc) is 2.78. The van der Waals surface area contributed by atoms with Crippen molar-refractivity contribution in [2.75, 3.05) is 0 Å². The van der Waals surface area contributed by atoms with Crippen molar-refractivity contribution in [3.63, 3.8) is 0 Å².